The molecule has 0 unspecified atom stereocenters. The quantitative estimate of drug-likeness (QED) is 0.910. The number of alkyl halides is 3. The second-order valence-electron chi connectivity index (χ2n) is 4.32. The third-order valence-electron chi connectivity index (χ3n) is 2.87. The lowest BCUT2D eigenvalue weighted by atomic mass is 10.1. The fourth-order valence-electron chi connectivity index (χ4n) is 1.86. The van der Waals surface area contributed by atoms with Crippen LogP contribution in [0.5, 0.6) is 0 Å². The average Bonchev–Trinajstić information content (AvgIpc) is 2.74. The molecule has 0 saturated heterocycles. The van der Waals surface area contributed by atoms with Crippen LogP contribution in [0.15, 0.2) is 35.1 Å². The number of aryl methyl sites for hydroxylation is 1. The summed E-state index contributed by atoms with van der Waals surface area (Å²) in [6, 6.07) is 3.88. The fourth-order valence-corrected chi connectivity index (χ4v) is 2.22. The van der Waals surface area contributed by atoms with E-state index in [-0.39, 0.29) is 5.69 Å². The lowest BCUT2D eigenvalue weighted by Gasteiger charge is -2.15. The fraction of sp³-hybridized carbons (Fsp3) is 0.308. The molecule has 0 spiro atoms. The second-order valence-corrected chi connectivity index (χ2v) is 5.23. The maximum absolute atomic E-state index is 12.9. The van der Waals surface area contributed by atoms with Gasteiger partial charge < -0.3 is 9.88 Å². The van der Waals surface area contributed by atoms with Crippen molar-refractivity contribution in [1.29, 1.82) is 0 Å². The number of halogens is 4. The number of aromatic nitrogens is 2. The summed E-state index contributed by atoms with van der Waals surface area (Å²) in [6.07, 6.45) is -0.356. The predicted molar refractivity (Wildman–Crippen MR) is 74.5 cm³/mol. The van der Waals surface area contributed by atoms with Gasteiger partial charge in [0.1, 0.15) is 5.82 Å². The minimum atomic E-state index is -4.37. The summed E-state index contributed by atoms with van der Waals surface area (Å²) in [6.45, 7) is 0.379. The maximum Gasteiger partial charge on any atom is 0.418 e. The first kappa shape index (κ1) is 14.9. The number of hydrogen-bond acceptors (Lipinski definition) is 2. The SMILES string of the molecule is Cn1ccnc1CCNc1cc(Br)ccc1C(F)(F)F. The van der Waals surface area contributed by atoms with Gasteiger partial charge in [0.05, 0.1) is 5.56 Å². The van der Waals surface area contributed by atoms with E-state index in [0.29, 0.717) is 17.4 Å². The third kappa shape index (κ3) is 3.53. The van der Waals surface area contributed by atoms with E-state index < -0.39 is 11.7 Å². The average molecular weight is 348 g/mol. The first-order chi connectivity index (χ1) is 9.38. The van der Waals surface area contributed by atoms with Crippen molar-refractivity contribution in [3.8, 4) is 0 Å². The maximum atomic E-state index is 12.9. The zero-order chi connectivity index (χ0) is 14.8. The number of hydrogen-bond donors (Lipinski definition) is 1. The van der Waals surface area contributed by atoms with Crippen molar-refractivity contribution in [2.45, 2.75) is 12.6 Å². The molecule has 1 N–H and O–H groups in total. The second kappa shape index (κ2) is 5.87. The van der Waals surface area contributed by atoms with Crippen LogP contribution in [0.2, 0.25) is 0 Å². The van der Waals surface area contributed by atoms with E-state index in [1.54, 1.807) is 12.4 Å². The Labute approximate surface area is 123 Å². The van der Waals surface area contributed by atoms with Gasteiger partial charge in [-0.25, -0.2) is 4.98 Å². The predicted octanol–water partition coefficient (Wildman–Crippen LogP) is 3.86. The number of nitrogens with one attached hydrogen (secondary N) is 1. The van der Waals surface area contributed by atoms with Gasteiger partial charge in [-0.1, -0.05) is 15.9 Å². The molecule has 2 rings (SSSR count). The summed E-state index contributed by atoms with van der Waals surface area (Å²) >= 11 is 3.18. The van der Waals surface area contributed by atoms with Gasteiger partial charge in [-0.05, 0) is 18.2 Å². The highest BCUT2D eigenvalue weighted by molar-refractivity contribution is 9.10. The molecule has 1 aromatic carbocycles. The minimum Gasteiger partial charge on any atom is -0.384 e. The van der Waals surface area contributed by atoms with Crippen LogP contribution in [0.4, 0.5) is 18.9 Å². The van der Waals surface area contributed by atoms with Crippen molar-refractivity contribution in [3.05, 3.63) is 46.5 Å². The van der Waals surface area contributed by atoms with Gasteiger partial charge in [-0.3, -0.25) is 0 Å². The molecule has 3 nitrogen and oxygen atoms in total. The zero-order valence-corrected chi connectivity index (χ0v) is 12.3. The van der Waals surface area contributed by atoms with Crippen molar-refractivity contribution in [1.82, 2.24) is 9.55 Å². The molecule has 0 bridgehead atoms. The Hall–Kier alpha value is -1.50. The van der Waals surface area contributed by atoms with Gasteiger partial charge in [0.25, 0.3) is 0 Å². The molecule has 0 fully saturated rings. The molecule has 0 aliphatic rings. The van der Waals surface area contributed by atoms with E-state index >= 15 is 0 Å². The molecule has 0 amide bonds. The Morgan fingerprint density at radius 1 is 1.35 bits per heavy atom. The summed E-state index contributed by atoms with van der Waals surface area (Å²) < 4.78 is 41.1. The van der Waals surface area contributed by atoms with E-state index in [9.17, 15) is 13.2 Å². The highest BCUT2D eigenvalue weighted by Gasteiger charge is 2.33. The highest BCUT2D eigenvalue weighted by Crippen LogP contribution is 2.36. The van der Waals surface area contributed by atoms with Crippen LogP contribution in [0.1, 0.15) is 11.4 Å². The molecule has 20 heavy (non-hydrogen) atoms. The van der Waals surface area contributed by atoms with Gasteiger partial charge >= 0.3 is 6.18 Å². The summed E-state index contributed by atoms with van der Waals surface area (Å²) in [5, 5.41) is 2.82. The van der Waals surface area contributed by atoms with E-state index in [1.165, 1.54) is 12.1 Å². The van der Waals surface area contributed by atoms with Gasteiger partial charge in [-0.2, -0.15) is 13.2 Å². The zero-order valence-electron chi connectivity index (χ0n) is 10.7. The Balaban J connectivity index is 2.09. The molecule has 2 aromatic rings. The molecular formula is C13H13BrF3N3. The first-order valence-corrected chi connectivity index (χ1v) is 6.74. The molecule has 0 atom stereocenters. The largest absolute Gasteiger partial charge is 0.418 e. The molecule has 1 aromatic heterocycles. The minimum absolute atomic E-state index is 0.0704. The summed E-state index contributed by atoms with van der Waals surface area (Å²) in [5.41, 5.74) is -0.596. The molecule has 1 heterocycles. The lowest BCUT2D eigenvalue weighted by molar-refractivity contribution is -0.136. The molecule has 0 aliphatic carbocycles. The van der Waals surface area contributed by atoms with Crippen LogP contribution in [0, 0.1) is 0 Å². The molecule has 0 radical (unpaired) electrons. The first-order valence-electron chi connectivity index (χ1n) is 5.95. The van der Waals surface area contributed by atoms with Crippen molar-refractivity contribution >= 4 is 21.6 Å². The van der Waals surface area contributed by atoms with E-state index in [1.807, 2.05) is 11.6 Å². The van der Waals surface area contributed by atoms with Crippen LogP contribution in [-0.2, 0) is 19.6 Å². The molecular weight excluding hydrogens is 335 g/mol. The summed E-state index contributed by atoms with van der Waals surface area (Å²) in [5.74, 6) is 0.820. The molecule has 108 valence electrons. The smallest absolute Gasteiger partial charge is 0.384 e. The lowest BCUT2D eigenvalue weighted by Crippen LogP contribution is -2.14. The number of anilines is 1. The van der Waals surface area contributed by atoms with E-state index in [4.69, 9.17) is 0 Å². The van der Waals surface area contributed by atoms with Crippen LogP contribution in [-0.4, -0.2) is 16.1 Å². The van der Waals surface area contributed by atoms with Gasteiger partial charge in [-0.15, -0.1) is 0 Å². The molecule has 0 aliphatic heterocycles. The van der Waals surface area contributed by atoms with E-state index in [0.717, 1.165) is 11.9 Å². The summed E-state index contributed by atoms with van der Waals surface area (Å²) in [7, 11) is 1.85. The van der Waals surface area contributed by atoms with Crippen LogP contribution >= 0.6 is 15.9 Å². The normalized spacial score (nSPS) is 11.7. The topological polar surface area (TPSA) is 29.9 Å². The number of rotatable bonds is 4. The standard InChI is InChI=1S/C13H13BrF3N3/c1-20-7-6-19-12(20)4-5-18-11-8-9(14)2-3-10(11)13(15,16)17/h2-3,6-8,18H,4-5H2,1H3. The Morgan fingerprint density at radius 2 is 2.10 bits per heavy atom. The van der Waals surface area contributed by atoms with E-state index in [2.05, 4.69) is 26.2 Å². The van der Waals surface area contributed by atoms with Crippen LogP contribution in [0.25, 0.3) is 0 Å². The Morgan fingerprint density at radius 3 is 2.70 bits per heavy atom. The van der Waals surface area contributed by atoms with Crippen LogP contribution in [0.3, 0.4) is 0 Å². The summed E-state index contributed by atoms with van der Waals surface area (Å²) in [4.78, 5) is 4.13. The van der Waals surface area contributed by atoms with Gasteiger partial charge in [0.2, 0.25) is 0 Å². The number of benzene rings is 1. The van der Waals surface area contributed by atoms with Crippen molar-refractivity contribution in [2.75, 3.05) is 11.9 Å². The number of imidazole rings is 1. The monoisotopic (exact) mass is 347 g/mol. The highest BCUT2D eigenvalue weighted by atomic mass is 79.9. The molecule has 0 saturated carbocycles. The third-order valence-corrected chi connectivity index (χ3v) is 3.37. The van der Waals surface area contributed by atoms with Crippen molar-refractivity contribution < 1.29 is 13.2 Å². The Bertz CT molecular complexity index is 593. The van der Waals surface area contributed by atoms with Crippen molar-refractivity contribution in [3.63, 3.8) is 0 Å². The van der Waals surface area contributed by atoms with Crippen molar-refractivity contribution in [2.24, 2.45) is 7.05 Å². The molecule has 7 heteroatoms. The van der Waals surface area contributed by atoms with Gasteiger partial charge in [0.15, 0.2) is 0 Å². The Kier molecular flexibility index (Phi) is 4.37. The number of nitrogens with zero attached hydrogens (tertiary/aromatic N) is 2. The van der Waals surface area contributed by atoms with Crippen LogP contribution < -0.4 is 5.32 Å². The van der Waals surface area contributed by atoms with Gasteiger partial charge in [0, 0.05) is 42.6 Å².